The molecule has 5 rings (SSSR count). The number of hydrogen-bond acceptors (Lipinski definition) is 2. The second-order valence-electron chi connectivity index (χ2n) is 9.91. The van der Waals surface area contributed by atoms with Gasteiger partial charge in [0.2, 0.25) is 0 Å². The zero-order valence-electron chi connectivity index (χ0n) is 20.2. The summed E-state index contributed by atoms with van der Waals surface area (Å²) in [6.07, 6.45) is 10.1. The largest absolute Gasteiger partial charge is 0.346 e. The van der Waals surface area contributed by atoms with Crippen LogP contribution in [0.4, 0.5) is 0 Å². The Morgan fingerprint density at radius 1 is 1.06 bits per heavy atom. The van der Waals surface area contributed by atoms with Crippen molar-refractivity contribution >= 4 is 17.2 Å². The third kappa shape index (κ3) is 3.77. The van der Waals surface area contributed by atoms with Crippen LogP contribution in [0.2, 0.25) is 0 Å². The normalized spacial score (nSPS) is 25.9. The van der Waals surface area contributed by atoms with Crippen molar-refractivity contribution < 1.29 is 4.79 Å². The van der Waals surface area contributed by atoms with Crippen LogP contribution in [0.5, 0.6) is 0 Å². The van der Waals surface area contributed by atoms with E-state index in [0.717, 1.165) is 32.2 Å². The molecule has 3 heterocycles. The topological polar surface area (TPSA) is 25.2 Å². The smallest absolute Gasteiger partial charge is 0.124 e. The third-order valence-corrected chi connectivity index (χ3v) is 8.26. The number of aldehydes is 1. The van der Waals surface area contributed by atoms with Gasteiger partial charge in [-0.2, -0.15) is 0 Å². The number of carbonyl (C=O) groups excluding carboxylic acids is 1. The standard InChI is InChI=1S/C30H36N2O/c1-4-6-14-22(5-2)24-17-29-30-25(23-15-10-11-16-27(23)31(30)3)18-28(26(24)20-33)32(29)19-21-12-8-7-9-13-21/h6-16,20,22,24,26,28-29H,4-5,17-19H2,1-3H3/b14-6+/t22?,24-,26?,28+,29+/m1/s1. The molecule has 3 heteroatoms. The molecule has 3 aromatic rings. The Bertz CT molecular complexity index is 1140. The molecule has 33 heavy (non-hydrogen) atoms. The molecule has 2 aliphatic heterocycles. The Kier molecular flexibility index (Phi) is 6.25. The third-order valence-electron chi connectivity index (χ3n) is 8.26. The van der Waals surface area contributed by atoms with Gasteiger partial charge in [0.1, 0.15) is 6.29 Å². The molecule has 0 spiro atoms. The van der Waals surface area contributed by atoms with Crippen molar-refractivity contribution in [2.45, 2.75) is 58.2 Å². The van der Waals surface area contributed by atoms with Crippen molar-refractivity contribution in [2.24, 2.45) is 24.8 Å². The first kappa shape index (κ1) is 22.2. The van der Waals surface area contributed by atoms with E-state index >= 15 is 0 Å². The molecule has 0 radical (unpaired) electrons. The monoisotopic (exact) mass is 440 g/mol. The van der Waals surface area contributed by atoms with Crippen LogP contribution >= 0.6 is 0 Å². The number of aromatic nitrogens is 1. The van der Waals surface area contributed by atoms with Crippen LogP contribution in [0.1, 0.15) is 56.0 Å². The van der Waals surface area contributed by atoms with Crippen LogP contribution < -0.4 is 0 Å². The molecule has 2 bridgehead atoms. The zero-order chi connectivity index (χ0) is 22.9. The lowest BCUT2D eigenvalue weighted by Gasteiger charge is -2.53. The number of piperidine rings is 1. The molecule has 1 fully saturated rings. The summed E-state index contributed by atoms with van der Waals surface area (Å²) in [5, 5.41) is 1.37. The first-order valence-corrected chi connectivity index (χ1v) is 12.7. The van der Waals surface area contributed by atoms with E-state index in [0.29, 0.717) is 17.9 Å². The lowest BCUT2D eigenvalue weighted by molar-refractivity contribution is -0.122. The van der Waals surface area contributed by atoms with E-state index in [-0.39, 0.29) is 12.0 Å². The maximum absolute atomic E-state index is 12.7. The van der Waals surface area contributed by atoms with E-state index in [1.807, 2.05) is 0 Å². The summed E-state index contributed by atoms with van der Waals surface area (Å²) in [6, 6.07) is 20.2. The highest BCUT2D eigenvalue weighted by molar-refractivity contribution is 5.86. The lowest BCUT2D eigenvalue weighted by Crippen LogP contribution is -2.55. The lowest BCUT2D eigenvalue weighted by atomic mass is 9.65. The van der Waals surface area contributed by atoms with Gasteiger partial charge in [0.05, 0.1) is 6.04 Å². The molecular formula is C30H36N2O. The van der Waals surface area contributed by atoms with Gasteiger partial charge in [-0.05, 0) is 54.7 Å². The Hall–Kier alpha value is -2.65. The van der Waals surface area contributed by atoms with Crippen molar-refractivity contribution in [2.75, 3.05) is 0 Å². The predicted molar refractivity (Wildman–Crippen MR) is 136 cm³/mol. The second-order valence-corrected chi connectivity index (χ2v) is 9.91. The van der Waals surface area contributed by atoms with Crippen LogP contribution in [-0.2, 0) is 24.8 Å². The van der Waals surface area contributed by atoms with Crippen molar-refractivity contribution in [1.29, 1.82) is 0 Å². The number of benzene rings is 2. The van der Waals surface area contributed by atoms with Crippen molar-refractivity contribution in [3.8, 4) is 0 Å². The molecular weight excluding hydrogens is 404 g/mol. The van der Waals surface area contributed by atoms with Gasteiger partial charge in [0.15, 0.2) is 0 Å². The minimum Gasteiger partial charge on any atom is -0.346 e. The Balaban J connectivity index is 1.63. The highest BCUT2D eigenvalue weighted by atomic mass is 16.1. The molecule has 0 N–H and O–H groups in total. The number of aryl methyl sites for hydroxylation is 1. The average Bonchev–Trinajstić information content (AvgIpc) is 3.12. The molecule has 172 valence electrons. The Morgan fingerprint density at radius 2 is 1.82 bits per heavy atom. The molecule has 2 aromatic carbocycles. The van der Waals surface area contributed by atoms with Crippen LogP contribution in [0.25, 0.3) is 10.9 Å². The van der Waals surface area contributed by atoms with E-state index in [9.17, 15) is 4.79 Å². The van der Waals surface area contributed by atoms with E-state index < -0.39 is 0 Å². The van der Waals surface area contributed by atoms with Crippen LogP contribution in [0.3, 0.4) is 0 Å². The van der Waals surface area contributed by atoms with Gasteiger partial charge in [0.25, 0.3) is 0 Å². The summed E-state index contributed by atoms with van der Waals surface area (Å²) >= 11 is 0. The van der Waals surface area contributed by atoms with E-state index in [1.165, 1.54) is 34.0 Å². The number of fused-ring (bicyclic) bond motifs is 6. The number of carbonyl (C=O) groups is 1. The van der Waals surface area contributed by atoms with Crippen molar-refractivity contribution in [3.05, 3.63) is 83.6 Å². The summed E-state index contributed by atoms with van der Waals surface area (Å²) in [7, 11) is 2.23. The summed E-state index contributed by atoms with van der Waals surface area (Å²) in [4.78, 5) is 15.3. The molecule has 3 nitrogen and oxygen atoms in total. The minimum absolute atomic E-state index is 0.0588. The number of para-hydroxylation sites is 1. The molecule has 1 saturated heterocycles. The summed E-state index contributed by atoms with van der Waals surface area (Å²) in [5.74, 6) is 0.910. The summed E-state index contributed by atoms with van der Waals surface area (Å²) in [6.45, 7) is 5.37. The SMILES string of the molecule is CC/C=C/C(CC)[C@H]1C[C@H]2c3c(c4ccccc4n3C)C[C@@H](C1C=O)N2Cc1ccccc1. The number of rotatable bonds is 7. The molecule has 2 unspecified atom stereocenters. The van der Waals surface area contributed by atoms with Gasteiger partial charge in [-0.1, -0.05) is 74.5 Å². The van der Waals surface area contributed by atoms with E-state index in [4.69, 9.17) is 0 Å². The highest BCUT2D eigenvalue weighted by Crippen LogP contribution is 2.51. The molecule has 0 amide bonds. The van der Waals surface area contributed by atoms with E-state index in [2.05, 4.69) is 97.1 Å². The first-order valence-electron chi connectivity index (χ1n) is 12.7. The van der Waals surface area contributed by atoms with Gasteiger partial charge in [-0.25, -0.2) is 0 Å². The molecule has 0 saturated carbocycles. The number of nitrogens with zero attached hydrogens (tertiary/aromatic N) is 2. The quantitative estimate of drug-likeness (QED) is 0.311. The van der Waals surface area contributed by atoms with Crippen molar-refractivity contribution in [1.82, 2.24) is 9.47 Å². The molecule has 2 aliphatic rings. The molecule has 5 atom stereocenters. The number of hydrogen-bond donors (Lipinski definition) is 0. The maximum Gasteiger partial charge on any atom is 0.124 e. The Morgan fingerprint density at radius 3 is 2.55 bits per heavy atom. The van der Waals surface area contributed by atoms with Gasteiger partial charge >= 0.3 is 0 Å². The first-order chi connectivity index (χ1) is 16.2. The summed E-state index contributed by atoms with van der Waals surface area (Å²) < 4.78 is 2.44. The van der Waals surface area contributed by atoms with Gasteiger partial charge in [-0.15, -0.1) is 0 Å². The fourth-order valence-corrected chi connectivity index (χ4v) is 6.72. The van der Waals surface area contributed by atoms with E-state index in [1.54, 1.807) is 0 Å². The number of allylic oxidation sites excluding steroid dienone is 2. The molecule has 0 aliphatic carbocycles. The van der Waals surface area contributed by atoms with Crippen LogP contribution in [0.15, 0.2) is 66.7 Å². The highest BCUT2D eigenvalue weighted by Gasteiger charge is 2.49. The van der Waals surface area contributed by atoms with Crippen LogP contribution in [0, 0.1) is 17.8 Å². The predicted octanol–water partition coefficient (Wildman–Crippen LogP) is 6.47. The summed E-state index contributed by atoms with van der Waals surface area (Å²) in [5.41, 5.74) is 5.57. The fourth-order valence-electron chi connectivity index (χ4n) is 6.72. The zero-order valence-corrected chi connectivity index (χ0v) is 20.2. The Labute approximate surface area is 198 Å². The van der Waals surface area contributed by atoms with Crippen molar-refractivity contribution in [3.63, 3.8) is 0 Å². The maximum atomic E-state index is 12.7. The molecule has 1 aromatic heterocycles. The van der Waals surface area contributed by atoms with Gasteiger partial charge in [-0.3, -0.25) is 4.90 Å². The average molecular weight is 441 g/mol. The minimum atomic E-state index is 0.0588. The second kappa shape index (κ2) is 9.30. The van der Waals surface area contributed by atoms with Gasteiger partial charge < -0.3 is 9.36 Å². The fraction of sp³-hybridized carbons (Fsp3) is 0.433. The van der Waals surface area contributed by atoms with Gasteiger partial charge in [0, 0.05) is 42.1 Å². The van der Waals surface area contributed by atoms with Crippen LogP contribution in [-0.4, -0.2) is 21.8 Å².